The van der Waals surface area contributed by atoms with Gasteiger partial charge in [0.1, 0.15) is 0 Å². The number of hydrogen-bond donors (Lipinski definition) is 1. The van der Waals surface area contributed by atoms with Crippen molar-refractivity contribution < 1.29 is 4.74 Å². The van der Waals surface area contributed by atoms with Gasteiger partial charge in [0.25, 0.3) is 0 Å². The molecule has 2 aliphatic rings. The van der Waals surface area contributed by atoms with Gasteiger partial charge < -0.3 is 10.1 Å². The van der Waals surface area contributed by atoms with Crippen LogP contribution in [-0.2, 0) is 24.0 Å². The van der Waals surface area contributed by atoms with Gasteiger partial charge in [-0.25, -0.2) is 0 Å². The summed E-state index contributed by atoms with van der Waals surface area (Å²) in [4.78, 5) is 0. The molecule has 0 spiro atoms. The van der Waals surface area contributed by atoms with Crippen molar-refractivity contribution in [2.45, 2.75) is 51.5 Å². The van der Waals surface area contributed by atoms with Crippen LogP contribution in [0.5, 0.6) is 0 Å². The molecule has 1 aliphatic carbocycles. The molecule has 1 heterocycles. The van der Waals surface area contributed by atoms with Crippen molar-refractivity contribution in [2.75, 3.05) is 19.8 Å². The van der Waals surface area contributed by atoms with Crippen LogP contribution in [0.1, 0.15) is 42.9 Å². The van der Waals surface area contributed by atoms with Crippen molar-refractivity contribution in [2.24, 2.45) is 5.92 Å². The molecule has 2 heteroatoms. The molecule has 1 aliphatic heterocycles. The zero-order valence-electron chi connectivity index (χ0n) is 12.7. The van der Waals surface area contributed by atoms with Crippen molar-refractivity contribution in [1.29, 1.82) is 0 Å². The molecule has 1 fully saturated rings. The molecule has 0 bridgehead atoms. The van der Waals surface area contributed by atoms with Crippen LogP contribution in [0.3, 0.4) is 0 Å². The molecule has 1 aromatic carbocycles. The van der Waals surface area contributed by atoms with Crippen molar-refractivity contribution in [3.8, 4) is 0 Å². The Morgan fingerprint density at radius 2 is 2.15 bits per heavy atom. The van der Waals surface area contributed by atoms with E-state index in [2.05, 4.69) is 30.4 Å². The maximum absolute atomic E-state index is 5.68. The Hall–Kier alpha value is -0.860. The molecule has 0 saturated carbocycles. The Labute approximate surface area is 122 Å². The van der Waals surface area contributed by atoms with Crippen LogP contribution in [0.15, 0.2) is 18.2 Å². The third-order valence-electron chi connectivity index (χ3n) is 4.85. The van der Waals surface area contributed by atoms with E-state index >= 15 is 0 Å². The molecule has 2 nitrogen and oxygen atoms in total. The lowest BCUT2D eigenvalue weighted by molar-refractivity contribution is 0.0396. The smallest absolute Gasteiger partial charge is 0.0509 e. The molecular weight excluding hydrogens is 246 g/mol. The second-order valence-corrected chi connectivity index (χ2v) is 6.30. The van der Waals surface area contributed by atoms with Gasteiger partial charge in [0.05, 0.1) is 6.61 Å². The van der Waals surface area contributed by atoms with E-state index in [1.165, 1.54) is 37.7 Å². The average Bonchev–Trinajstić information content (AvgIpc) is 2.95. The lowest BCUT2D eigenvalue weighted by Crippen LogP contribution is -2.41. The van der Waals surface area contributed by atoms with E-state index in [4.69, 9.17) is 4.74 Å². The number of ether oxygens (including phenoxy) is 1. The van der Waals surface area contributed by atoms with Gasteiger partial charge in [-0.1, -0.05) is 25.1 Å². The molecule has 110 valence electrons. The number of aryl methyl sites for hydroxylation is 2. The lowest BCUT2D eigenvalue weighted by atomic mass is 9.88. The van der Waals surface area contributed by atoms with E-state index in [-0.39, 0.29) is 0 Å². The Morgan fingerprint density at radius 1 is 1.25 bits per heavy atom. The quantitative estimate of drug-likeness (QED) is 0.890. The molecule has 0 aromatic heterocycles. The highest BCUT2D eigenvalue weighted by Crippen LogP contribution is 2.25. The first-order valence-electron chi connectivity index (χ1n) is 8.28. The number of hydrogen-bond acceptors (Lipinski definition) is 2. The molecule has 2 unspecified atom stereocenters. The van der Waals surface area contributed by atoms with E-state index in [9.17, 15) is 0 Å². The minimum Gasteiger partial charge on any atom is -0.381 e. The van der Waals surface area contributed by atoms with Gasteiger partial charge >= 0.3 is 0 Å². The Balaban J connectivity index is 1.68. The summed E-state index contributed by atoms with van der Waals surface area (Å²) in [7, 11) is 0. The van der Waals surface area contributed by atoms with Gasteiger partial charge in [0.15, 0.2) is 0 Å². The second-order valence-electron chi connectivity index (χ2n) is 6.30. The molecular formula is C18H27NO. The van der Waals surface area contributed by atoms with Crippen molar-refractivity contribution >= 4 is 0 Å². The predicted octanol–water partition coefficient (Wildman–Crippen LogP) is 3.12. The van der Waals surface area contributed by atoms with Crippen molar-refractivity contribution in [3.63, 3.8) is 0 Å². The average molecular weight is 273 g/mol. The molecule has 0 radical (unpaired) electrons. The fourth-order valence-electron chi connectivity index (χ4n) is 3.76. The first-order valence-corrected chi connectivity index (χ1v) is 8.28. The largest absolute Gasteiger partial charge is 0.381 e. The minimum atomic E-state index is 0.569. The zero-order chi connectivity index (χ0) is 13.8. The summed E-state index contributed by atoms with van der Waals surface area (Å²) >= 11 is 0. The van der Waals surface area contributed by atoms with E-state index in [0.29, 0.717) is 12.0 Å². The normalized spacial score (nSPS) is 23.6. The third-order valence-corrected chi connectivity index (χ3v) is 4.85. The molecule has 20 heavy (non-hydrogen) atoms. The number of fused-ring (bicyclic) bond motifs is 1. The predicted molar refractivity (Wildman–Crippen MR) is 83.2 cm³/mol. The number of rotatable bonds is 5. The highest BCUT2D eigenvalue weighted by atomic mass is 16.5. The first-order chi connectivity index (χ1) is 9.86. The van der Waals surface area contributed by atoms with Crippen molar-refractivity contribution in [3.05, 3.63) is 34.9 Å². The fraction of sp³-hybridized carbons (Fsp3) is 0.667. The van der Waals surface area contributed by atoms with Crippen LogP contribution in [-0.4, -0.2) is 25.8 Å². The van der Waals surface area contributed by atoms with Crippen LogP contribution >= 0.6 is 0 Å². The van der Waals surface area contributed by atoms with E-state index in [0.717, 1.165) is 26.2 Å². The van der Waals surface area contributed by atoms with Crippen LogP contribution in [0.2, 0.25) is 0 Å². The molecule has 0 amide bonds. The lowest BCUT2D eigenvalue weighted by Gasteiger charge is -2.31. The van der Waals surface area contributed by atoms with Crippen LogP contribution < -0.4 is 5.32 Å². The summed E-state index contributed by atoms with van der Waals surface area (Å²) in [5.74, 6) is 0.678. The minimum absolute atomic E-state index is 0.569. The topological polar surface area (TPSA) is 21.3 Å². The van der Waals surface area contributed by atoms with Gasteiger partial charge in [-0.15, -0.1) is 0 Å². The van der Waals surface area contributed by atoms with Gasteiger partial charge in [0.2, 0.25) is 0 Å². The second kappa shape index (κ2) is 6.73. The number of nitrogens with one attached hydrogen (secondary N) is 1. The highest BCUT2D eigenvalue weighted by molar-refractivity contribution is 5.35. The summed E-state index contributed by atoms with van der Waals surface area (Å²) in [6.45, 7) is 5.14. The summed E-state index contributed by atoms with van der Waals surface area (Å²) in [5, 5.41) is 3.69. The summed E-state index contributed by atoms with van der Waals surface area (Å²) in [6.07, 6.45) is 7.57. The zero-order valence-corrected chi connectivity index (χ0v) is 12.7. The number of benzene rings is 1. The Morgan fingerprint density at radius 3 is 2.95 bits per heavy atom. The third kappa shape index (κ3) is 3.24. The summed E-state index contributed by atoms with van der Waals surface area (Å²) in [5.41, 5.74) is 4.68. The molecule has 1 aromatic rings. The standard InChI is InChI=1S/C18H27NO/c1-2-19-18(17-7-4-10-20-13-17)12-14-8-9-15-5-3-6-16(15)11-14/h8-9,11,17-19H,2-7,10,12-13H2,1H3. The SMILES string of the molecule is CCNC(Cc1ccc2c(c1)CCC2)C1CCCOC1. The summed E-state index contributed by atoms with van der Waals surface area (Å²) < 4.78 is 5.68. The molecule has 1 saturated heterocycles. The molecule has 3 rings (SSSR count). The Bertz CT molecular complexity index is 437. The monoisotopic (exact) mass is 273 g/mol. The van der Waals surface area contributed by atoms with Crippen molar-refractivity contribution in [1.82, 2.24) is 5.32 Å². The van der Waals surface area contributed by atoms with Gasteiger partial charge in [0, 0.05) is 12.6 Å². The Kier molecular flexibility index (Phi) is 4.74. The highest BCUT2D eigenvalue weighted by Gasteiger charge is 2.24. The van der Waals surface area contributed by atoms with Crippen LogP contribution in [0.4, 0.5) is 0 Å². The van der Waals surface area contributed by atoms with Crippen LogP contribution in [0.25, 0.3) is 0 Å². The van der Waals surface area contributed by atoms with Gasteiger partial charge in [-0.3, -0.25) is 0 Å². The van der Waals surface area contributed by atoms with Gasteiger partial charge in [-0.05, 0) is 67.7 Å². The molecule has 1 N–H and O–H groups in total. The fourth-order valence-corrected chi connectivity index (χ4v) is 3.76. The van der Waals surface area contributed by atoms with Gasteiger partial charge in [-0.2, -0.15) is 0 Å². The maximum Gasteiger partial charge on any atom is 0.0509 e. The van der Waals surface area contributed by atoms with E-state index in [1.54, 1.807) is 11.1 Å². The van der Waals surface area contributed by atoms with Crippen LogP contribution in [0, 0.1) is 5.92 Å². The van der Waals surface area contributed by atoms with E-state index in [1.807, 2.05) is 0 Å². The molecule has 2 atom stereocenters. The number of likely N-dealkylation sites (N-methyl/N-ethyl adjacent to an activating group) is 1. The first kappa shape index (κ1) is 14.1. The summed E-state index contributed by atoms with van der Waals surface area (Å²) in [6, 6.07) is 7.73. The van der Waals surface area contributed by atoms with E-state index < -0.39 is 0 Å². The maximum atomic E-state index is 5.68.